The number of likely N-dealkylation sites (N-methyl/N-ethyl adjacent to an activating group) is 1. The van der Waals surface area contributed by atoms with E-state index in [2.05, 4.69) is 0 Å². The monoisotopic (exact) mass is 405 g/mol. The molecular formula is C21H21ClFNO4. The second-order valence-electron chi connectivity index (χ2n) is 6.61. The topological polar surface area (TPSA) is 55.8 Å². The maximum Gasteiger partial charge on any atom is 0.313 e. The van der Waals surface area contributed by atoms with E-state index in [9.17, 15) is 14.0 Å². The highest BCUT2D eigenvalue weighted by Crippen LogP contribution is 2.30. The van der Waals surface area contributed by atoms with Gasteiger partial charge in [0.25, 0.3) is 5.91 Å². The zero-order valence-corrected chi connectivity index (χ0v) is 16.2. The van der Waals surface area contributed by atoms with E-state index in [4.69, 9.17) is 21.1 Å². The van der Waals surface area contributed by atoms with Gasteiger partial charge < -0.3 is 14.4 Å². The molecule has 2 aromatic rings. The minimum atomic E-state index is -0.489. The summed E-state index contributed by atoms with van der Waals surface area (Å²) in [6, 6.07) is 11.3. The van der Waals surface area contributed by atoms with Gasteiger partial charge in [0.15, 0.2) is 6.61 Å². The molecule has 0 N–H and O–H groups in total. The van der Waals surface area contributed by atoms with Crippen LogP contribution in [0, 0.1) is 11.7 Å². The average molecular weight is 406 g/mol. The van der Waals surface area contributed by atoms with Crippen molar-refractivity contribution in [3.05, 3.63) is 64.4 Å². The molecule has 7 heteroatoms. The van der Waals surface area contributed by atoms with E-state index >= 15 is 0 Å². The molecule has 1 aliphatic rings. The van der Waals surface area contributed by atoms with E-state index in [1.54, 1.807) is 30.3 Å². The maximum absolute atomic E-state index is 13.3. The summed E-state index contributed by atoms with van der Waals surface area (Å²) in [7, 11) is 0. The number of esters is 1. The molecule has 0 spiro atoms. The van der Waals surface area contributed by atoms with E-state index in [0.29, 0.717) is 29.3 Å². The van der Waals surface area contributed by atoms with Gasteiger partial charge in [-0.3, -0.25) is 9.59 Å². The van der Waals surface area contributed by atoms with Gasteiger partial charge in [0.2, 0.25) is 0 Å². The third-order valence-corrected chi connectivity index (χ3v) is 4.83. The SMILES string of the molecule is CCN(Cc1cccc(F)c1)C(=O)COC(=O)[C@H]1COc2ccc(Cl)cc2C1. The van der Waals surface area contributed by atoms with Crippen LogP contribution in [0.1, 0.15) is 18.1 Å². The molecule has 3 rings (SSSR count). The Morgan fingerprint density at radius 1 is 1.29 bits per heavy atom. The summed E-state index contributed by atoms with van der Waals surface area (Å²) in [5.74, 6) is -0.958. The molecule has 0 fully saturated rings. The molecule has 1 amide bonds. The van der Waals surface area contributed by atoms with Gasteiger partial charge in [0.1, 0.15) is 18.2 Å². The Morgan fingerprint density at radius 3 is 2.86 bits per heavy atom. The molecular weight excluding hydrogens is 385 g/mol. The predicted molar refractivity (Wildman–Crippen MR) is 103 cm³/mol. The Morgan fingerprint density at radius 2 is 2.11 bits per heavy atom. The van der Waals surface area contributed by atoms with Gasteiger partial charge in [0, 0.05) is 18.1 Å². The molecule has 28 heavy (non-hydrogen) atoms. The first-order chi connectivity index (χ1) is 13.5. The minimum absolute atomic E-state index is 0.197. The first-order valence-corrected chi connectivity index (χ1v) is 9.44. The van der Waals surface area contributed by atoms with Crippen molar-refractivity contribution in [2.75, 3.05) is 19.8 Å². The first-order valence-electron chi connectivity index (χ1n) is 9.06. The van der Waals surface area contributed by atoms with Crippen LogP contribution in [0.2, 0.25) is 5.02 Å². The van der Waals surface area contributed by atoms with Gasteiger partial charge in [-0.15, -0.1) is 0 Å². The number of amides is 1. The van der Waals surface area contributed by atoms with Crippen molar-refractivity contribution in [3.63, 3.8) is 0 Å². The number of carbonyl (C=O) groups excluding carboxylic acids is 2. The van der Waals surface area contributed by atoms with Gasteiger partial charge in [-0.25, -0.2) is 4.39 Å². The van der Waals surface area contributed by atoms with Crippen LogP contribution in [0.15, 0.2) is 42.5 Å². The molecule has 0 bridgehead atoms. The van der Waals surface area contributed by atoms with Gasteiger partial charge >= 0.3 is 5.97 Å². The summed E-state index contributed by atoms with van der Waals surface area (Å²) in [4.78, 5) is 26.3. The molecule has 148 valence electrons. The first kappa shape index (κ1) is 20.1. The molecule has 0 unspecified atom stereocenters. The molecule has 0 radical (unpaired) electrons. The summed E-state index contributed by atoms with van der Waals surface area (Å²) in [6.45, 7) is 2.33. The van der Waals surface area contributed by atoms with Crippen LogP contribution in [-0.4, -0.2) is 36.5 Å². The van der Waals surface area contributed by atoms with Crippen LogP contribution < -0.4 is 4.74 Å². The number of carbonyl (C=O) groups is 2. The van der Waals surface area contributed by atoms with Crippen molar-refractivity contribution in [3.8, 4) is 5.75 Å². The summed E-state index contributed by atoms with van der Waals surface area (Å²) in [5, 5.41) is 0.572. The quantitative estimate of drug-likeness (QED) is 0.689. The van der Waals surface area contributed by atoms with Gasteiger partial charge in [-0.1, -0.05) is 23.7 Å². The van der Waals surface area contributed by atoms with Crippen molar-refractivity contribution < 1.29 is 23.5 Å². The average Bonchev–Trinajstić information content (AvgIpc) is 2.69. The second-order valence-corrected chi connectivity index (χ2v) is 7.05. The van der Waals surface area contributed by atoms with E-state index in [0.717, 1.165) is 5.56 Å². The molecule has 1 heterocycles. The Labute approximate surface area is 168 Å². The Hall–Kier alpha value is -2.60. The lowest BCUT2D eigenvalue weighted by Crippen LogP contribution is -2.36. The van der Waals surface area contributed by atoms with Gasteiger partial charge in [-0.05, 0) is 54.8 Å². The fourth-order valence-corrected chi connectivity index (χ4v) is 3.28. The van der Waals surface area contributed by atoms with Crippen LogP contribution in [0.3, 0.4) is 0 Å². The molecule has 1 atom stereocenters. The van der Waals surface area contributed by atoms with E-state index < -0.39 is 11.9 Å². The van der Waals surface area contributed by atoms with Gasteiger partial charge in [-0.2, -0.15) is 0 Å². The molecule has 0 saturated carbocycles. The number of hydrogen-bond acceptors (Lipinski definition) is 4. The standard InChI is InChI=1S/C21H21ClFNO4/c1-2-24(11-14-4-3-5-18(23)8-14)20(25)13-28-21(26)16-9-15-10-17(22)6-7-19(15)27-12-16/h3-8,10,16H,2,9,11-13H2,1H3/t16-/m1/s1. The van der Waals surface area contributed by atoms with Gasteiger partial charge in [0.05, 0.1) is 5.92 Å². The van der Waals surface area contributed by atoms with Crippen LogP contribution in [0.4, 0.5) is 4.39 Å². The fraction of sp³-hybridized carbons (Fsp3) is 0.333. The summed E-state index contributed by atoms with van der Waals surface area (Å²) < 4.78 is 24.1. The lowest BCUT2D eigenvalue weighted by Gasteiger charge is -2.25. The number of fused-ring (bicyclic) bond motifs is 1. The zero-order chi connectivity index (χ0) is 20.1. The smallest absolute Gasteiger partial charge is 0.313 e. The highest BCUT2D eigenvalue weighted by atomic mass is 35.5. The largest absolute Gasteiger partial charge is 0.492 e. The Kier molecular flexibility index (Phi) is 6.52. The maximum atomic E-state index is 13.3. The van der Waals surface area contributed by atoms with Crippen LogP contribution in [-0.2, 0) is 27.3 Å². The number of nitrogens with zero attached hydrogens (tertiary/aromatic N) is 1. The molecule has 2 aromatic carbocycles. The summed E-state index contributed by atoms with van der Waals surface area (Å²) in [6.07, 6.45) is 0.448. The van der Waals surface area contributed by atoms with Crippen molar-refractivity contribution in [1.82, 2.24) is 4.90 Å². The highest BCUT2D eigenvalue weighted by molar-refractivity contribution is 6.30. The van der Waals surface area contributed by atoms with Crippen molar-refractivity contribution in [2.45, 2.75) is 19.9 Å². The molecule has 1 aliphatic heterocycles. The highest BCUT2D eigenvalue weighted by Gasteiger charge is 2.28. The van der Waals surface area contributed by atoms with Crippen LogP contribution >= 0.6 is 11.6 Å². The minimum Gasteiger partial charge on any atom is -0.492 e. The lowest BCUT2D eigenvalue weighted by atomic mass is 9.97. The zero-order valence-electron chi connectivity index (χ0n) is 15.5. The predicted octanol–water partition coefficient (Wildman–Crippen LogP) is 3.62. The second kappa shape index (κ2) is 9.06. The van der Waals surface area contributed by atoms with Crippen LogP contribution in [0.25, 0.3) is 0 Å². The van der Waals surface area contributed by atoms with Crippen molar-refractivity contribution >= 4 is 23.5 Å². The number of hydrogen-bond donors (Lipinski definition) is 0. The Bertz CT molecular complexity index is 859. The molecule has 0 aliphatic carbocycles. The molecule has 5 nitrogen and oxygen atoms in total. The van der Waals surface area contributed by atoms with Crippen molar-refractivity contribution in [2.24, 2.45) is 5.92 Å². The summed E-state index contributed by atoms with van der Waals surface area (Å²) >= 11 is 5.99. The third kappa shape index (κ3) is 5.01. The Balaban J connectivity index is 1.54. The number of halogens is 2. The van der Waals surface area contributed by atoms with Crippen molar-refractivity contribution in [1.29, 1.82) is 0 Å². The number of rotatable bonds is 6. The van der Waals surface area contributed by atoms with E-state index in [-0.39, 0.29) is 31.5 Å². The van der Waals surface area contributed by atoms with Crippen LogP contribution in [0.5, 0.6) is 5.75 Å². The lowest BCUT2D eigenvalue weighted by molar-refractivity contribution is -0.156. The number of ether oxygens (including phenoxy) is 2. The van der Waals surface area contributed by atoms with E-state index in [1.165, 1.54) is 17.0 Å². The molecule has 0 aromatic heterocycles. The summed E-state index contributed by atoms with van der Waals surface area (Å²) in [5.41, 5.74) is 1.52. The fourth-order valence-electron chi connectivity index (χ4n) is 3.09. The van der Waals surface area contributed by atoms with E-state index in [1.807, 2.05) is 6.92 Å². The third-order valence-electron chi connectivity index (χ3n) is 4.60. The molecule has 0 saturated heterocycles. The number of benzene rings is 2. The normalized spacial score (nSPS) is 15.3.